The molecular weight excluding hydrogens is 344 g/mol. The number of thioether (sulfide) groups is 1. The second-order valence-electron chi connectivity index (χ2n) is 7.31. The van der Waals surface area contributed by atoms with Gasteiger partial charge in [0.15, 0.2) is 0 Å². The Morgan fingerprint density at radius 1 is 1.12 bits per heavy atom. The maximum absolute atomic E-state index is 12.9. The van der Waals surface area contributed by atoms with Gasteiger partial charge in [-0.05, 0) is 67.2 Å². The summed E-state index contributed by atoms with van der Waals surface area (Å²) >= 11 is 1.73. The molecule has 1 atom stereocenters. The van der Waals surface area contributed by atoms with Gasteiger partial charge in [0.05, 0.1) is 11.6 Å². The van der Waals surface area contributed by atoms with E-state index < -0.39 is 0 Å². The highest BCUT2D eigenvalue weighted by atomic mass is 32.2. The van der Waals surface area contributed by atoms with Gasteiger partial charge in [-0.1, -0.05) is 6.07 Å². The van der Waals surface area contributed by atoms with E-state index in [0.29, 0.717) is 17.8 Å². The summed E-state index contributed by atoms with van der Waals surface area (Å²) < 4.78 is 0. The third kappa shape index (κ3) is 2.87. The van der Waals surface area contributed by atoms with Crippen LogP contribution in [0.1, 0.15) is 12.8 Å². The Morgan fingerprint density at radius 2 is 1.92 bits per heavy atom. The molecule has 4 aliphatic heterocycles. The van der Waals surface area contributed by atoms with Gasteiger partial charge in [0.25, 0.3) is 0 Å². The Labute approximate surface area is 157 Å². The smallest absolute Gasteiger partial charge is 0.322 e. The zero-order chi connectivity index (χ0) is 17.5. The maximum Gasteiger partial charge on any atom is 0.322 e. The van der Waals surface area contributed by atoms with E-state index in [0.717, 1.165) is 17.8 Å². The lowest BCUT2D eigenvalue weighted by atomic mass is 9.84. The topological polar surface area (TPSA) is 48.5 Å². The number of nitrogens with zero attached hydrogens (tertiary/aromatic N) is 3. The average molecular weight is 366 g/mol. The van der Waals surface area contributed by atoms with Crippen LogP contribution in [0.15, 0.2) is 47.6 Å². The second kappa shape index (κ2) is 6.59. The van der Waals surface area contributed by atoms with Gasteiger partial charge in [-0.2, -0.15) is 0 Å². The Kier molecular flexibility index (Phi) is 4.10. The number of pyridine rings is 1. The van der Waals surface area contributed by atoms with Crippen molar-refractivity contribution in [3.63, 3.8) is 0 Å². The van der Waals surface area contributed by atoms with Crippen molar-refractivity contribution in [2.75, 3.05) is 30.4 Å². The molecule has 5 heterocycles. The molecule has 2 amide bonds. The molecule has 1 aromatic carbocycles. The van der Waals surface area contributed by atoms with Crippen molar-refractivity contribution in [2.24, 2.45) is 5.92 Å². The van der Waals surface area contributed by atoms with Crippen molar-refractivity contribution < 1.29 is 4.79 Å². The molecule has 4 aliphatic rings. The summed E-state index contributed by atoms with van der Waals surface area (Å²) in [4.78, 5) is 22.5. The molecular formula is C20H22N4OS. The molecule has 2 aromatic rings. The number of aromatic nitrogens is 1. The minimum atomic E-state index is 0.0478. The van der Waals surface area contributed by atoms with Crippen LogP contribution in [0.5, 0.6) is 0 Å². The van der Waals surface area contributed by atoms with E-state index in [2.05, 4.69) is 33.4 Å². The number of urea groups is 1. The molecule has 3 saturated heterocycles. The van der Waals surface area contributed by atoms with E-state index in [1.54, 1.807) is 11.8 Å². The number of hydrogen-bond donors (Lipinski definition) is 1. The largest absolute Gasteiger partial charge is 0.333 e. The first-order valence-electron chi connectivity index (χ1n) is 9.25. The van der Waals surface area contributed by atoms with Gasteiger partial charge < -0.3 is 10.2 Å². The molecule has 3 fully saturated rings. The normalized spacial score (nSPS) is 26.6. The van der Waals surface area contributed by atoms with Crippen LogP contribution in [-0.4, -0.2) is 47.5 Å². The summed E-state index contributed by atoms with van der Waals surface area (Å²) in [5.41, 5.74) is 3.34. The van der Waals surface area contributed by atoms with Gasteiger partial charge in [-0.15, -0.1) is 11.8 Å². The second-order valence-corrected chi connectivity index (χ2v) is 8.30. The van der Waals surface area contributed by atoms with Crippen molar-refractivity contribution in [1.82, 2.24) is 15.2 Å². The number of carbonyl (C=O) groups is 1. The van der Waals surface area contributed by atoms with Crippen molar-refractivity contribution >= 4 is 23.5 Å². The van der Waals surface area contributed by atoms with Crippen LogP contribution in [0.3, 0.4) is 0 Å². The van der Waals surface area contributed by atoms with Gasteiger partial charge in [0.2, 0.25) is 0 Å². The van der Waals surface area contributed by atoms with Gasteiger partial charge in [-0.3, -0.25) is 9.88 Å². The Bertz CT molecular complexity index is 820. The lowest BCUT2D eigenvalue weighted by Crippen LogP contribution is -2.59. The SMILES string of the molecule is O=C(N[C@H]1CN2CCC1CC2)N1CSc2cc(-c3ccncc3)ccc21. The molecule has 1 N–H and O–H groups in total. The molecule has 0 spiro atoms. The van der Waals surface area contributed by atoms with Crippen LogP contribution in [0.4, 0.5) is 10.5 Å². The minimum absolute atomic E-state index is 0.0478. The third-order valence-electron chi connectivity index (χ3n) is 5.82. The Morgan fingerprint density at radius 3 is 2.65 bits per heavy atom. The van der Waals surface area contributed by atoms with Crippen LogP contribution in [-0.2, 0) is 0 Å². The summed E-state index contributed by atoms with van der Waals surface area (Å²) in [6.45, 7) is 3.39. The molecule has 26 heavy (non-hydrogen) atoms. The lowest BCUT2D eigenvalue weighted by molar-refractivity contribution is 0.0772. The number of piperidine rings is 3. The number of hydrogen-bond acceptors (Lipinski definition) is 4. The average Bonchev–Trinajstić information content (AvgIpc) is 3.13. The minimum Gasteiger partial charge on any atom is -0.333 e. The Hall–Kier alpha value is -2.05. The zero-order valence-corrected chi connectivity index (χ0v) is 15.4. The molecule has 2 bridgehead atoms. The van der Waals surface area contributed by atoms with Gasteiger partial charge >= 0.3 is 6.03 Å². The van der Waals surface area contributed by atoms with Crippen LogP contribution < -0.4 is 10.2 Å². The molecule has 0 unspecified atom stereocenters. The predicted molar refractivity (Wildman–Crippen MR) is 104 cm³/mol. The van der Waals surface area contributed by atoms with Gasteiger partial charge in [-0.25, -0.2) is 4.79 Å². The number of amides is 2. The zero-order valence-electron chi connectivity index (χ0n) is 14.6. The molecule has 0 aliphatic carbocycles. The summed E-state index contributed by atoms with van der Waals surface area (Å²) in [5, 5.41) is 3.30. The quantitative estimate of drug-likeness (QED) is 0.885. The fraction of sp³-hybridized carbons (Fsp3) is 0.400. The van der Waals surface area contributed by atoms with Crippen LogP contribution in [0, 0.1) is 5.92 Å². The van der Waals surface area contributed by atoms with E-state index >= 15 is 0 Å². The van der Waals surface area contributed by atoms with Crippen molar-refractivity contribution in [2.45, 2.75) is 23.8 Å². The fourth-order valence-electron chi connectivity index (χ4n) is 4.31. The van der Waals surface area contributed by atoms with Crippen LogP contribution in [0.25, 0.3) is 11.1 Å². The van der Waals surface area contributed by atoms with Gasteiger partial charge in [0, 0.05) is 29.9 Å². The van der Waals surface area contributed by atoms with Crippen LogP contribution in [0.2, 0.25) is 0 Å². The highest BCUT2D eigenvalue weighted by Gasteiger charge is 2.36. The number of carbonyl (C=O) groups excluding carboxylic acids is 1. The highest BCUT2D eigenvalue weighted by Crippen LogP contribution is 2.41. The highest BCUT2D eigenvalue weighted by molar-refractivity contribution is 8.00. The molecule has 5 nitrogen and oxygen atoms in total. The molecule has 6 rings (SSSR count). The number of rotatable bonds is 2. The summed E-state index contributed by atoms with van der Waals surface area (Å²) in [6, 6.07) is 10.7. The summed E-state index contributed by atoms with van der Waals surface area (Å²) in [6.07, 6.45) is 6.05. The predicted octanol–water partition coefficient (Wildman–Crippen LogP) is 3.42. The maximum atomic E-state index is 12.9. The van der Waals surface area contributed by atoms with Crippen molar-refractivity contribution in [1.29, 1.82) is 0 Å². The number of nitrogens with one attached hydrogen (secondary N) is 1. The lowest BCUT2D eigenvalue weighted by Gasteiger charge is -2.45. The third-order valence-corrected chi connectivity index (χ3v) is 6.85. The number of fused-ring (bicyclic) bond motifs is 4. The van der Waals surface area contributed by atoms with E-state index in [9.17, 15) is 4.79 Å². The van der Waals surface area contributed by atoms with Crippen molar-refractivity contribution in [3.8, 4) is 11.1 Å². The van der Waals surface area contributed by atoms with E-state index in [4.69, 9.17) is 0 Å². The molecule has 0 radical (unpaired) electrons. The first-order chi connectivity index (χ1) is 12.8. The van der Waals surface area contributed by atoms with Crippen molar-refractivity contribution in [3.05, 3.63) is 42.7 Å². The summed E-state index contributed by atoms with van der Waals surface area (Å²) in [5.74, 6) is 1.33. The first-order valence-corrected chi connectivity index (χ1v) is 10.2. The monoisotopic (exact) mass is 366 g/mol. The molecule has 1 aromatic heterocycles. The molecule has 0 saturated carbocycles. The standard InChI is InChI=1S/C20H22N4OS/c25-20(22-17-12-23-9-5-15(17)6-10-23)24-13-26-19-11-16(1-2-18(19)24)14-3-7-21-8-4-14/h1-4,7-8,11,15,17H,5-6,9-10,12-13H2,(H,22,25)/t17-/m0/s1. The van der Waals surface area contributed by atoms with E-state index in [-0.39, 0.29) is 6.03 Å². The number of benzene rings is 1. The number of anilines is 1. The van der Waals surface area contributed by atoms with Crippen LogP contribution >= 0.6 is 11.8 Å². The van der Waals surface area contributed by atoms with E-state index in [1.807, 2.05) is 29.4 Å². The Balaban J connectivity index is 1.33. The summed E-state index contributed by atoms with van der Waals surface area (Å²) in [7, 11) is 0. The van der Waals surface area contributed by atoms with E-state index in [1.165, 1.54) is 36.4 Å². The first kappa shape index (κ1) is 16.1. The molecule has 134 valence electrons. The fourth-order valence-corrected chi connectivity index (χ4v) is 5.37. The van der Waals surface area contributed by atoms with Gasteiger partial charge in [0.1, 0.15) is 0 Å². The molecule has 6 heteroatoms.